The molecule has 206 valence electrons. The van der Waals surface area contributed by atoms with Crippen LogP contribution >= 0.6 is 19.8 Å². The first-order valence-corrected chi connectivity index (χ1v) is 17.0. The molecule has 0 fully saturated rings. The molecule has 1 aromatic heterocycles. The van der Waals surface area contributed by atoms with Gasteiger partial charge in [0.15, 0.2) is 0 Å². The molecule has 0 bridgehead atoms. The number of hydrogen-bond donors (Lipinski definition) is 0. The molecule has 0 atom stereocenters. The van der Waals surface area contributed by atoms with Gasteiger partial charge in [0, 0.05) is 50.3 Å². The third-order valence-electron chi connectivity index (χ3n) is 6.80. The number of aromatic nitrogens is 1. The predicted octanol–water partition coefficient (Wildman–Crippen LogP) is 7.20. The van der Waals surface area contributed by atoms with E-state index in [9.17, 15) is 0 Å². The maximum atomic E-state index is 7.50. The van der Waals surface area contributed by atoms with Crippen molar-refractivity contribution in [3.8, 4) is 0 Å². The standard InChI is InChI=1S/C28H36N5.CO.CH3.HI.Rh/c1-27(2,3)19-13-21-22-14-20(28(4,5)6)16-24(33-12-10-31(8)18-33)26(22)29-25(21)23(15-19)32-11-9-30(7)17-32;1-2;;;/h9-16H,17-18H2,1-8H3;;1H3;1H;/q-1;;-1;;+3/p-1. The van der Waals surface area contributed by atoms with Crippen LogP contribution in [0.4, 0.5) is 11.4 Å². The topological polar surface area (TPSA) is 47.0 Å². The third-order valence-corrected chi connectivity index (χ3v) is 6.80. The summed E-state index contributed by atoms with van der Waals surface area (Å²) in [4.78, 5) is 14.3. The number of fused-ring (bicyclic) bond motifs is 3. The number of anilines is 2. The van der Waals surface area contributed by atoms with Gasteiger partial charge in [-0.1, -0.05) is 53.7 Å². The Labute approximate surface area is 249 Å². The Morgan fingerprint density at radius 2 is 1.05 bits per heavy atom. The van der Waals surface area contributed by atoms with Crippen molar-refractivity contribution in [2.24, 2.45) is 0 Å². The van der Waals surface area contributed by atoms with Gasteiger partial charge in [-0.15, -0.1) is 11.0 Å². The van der Waals surface area contributed by atoms with Gasteiger partial charge in [-0.2, -0.15) is 0 Å². The normalized spacial score (nSPS) is 14.9. The molecular weight excluding hydrogens is 676 g/mol. The molecule has 3 heterocycles. The molecule has 0 N–H and O–H groups in total. The van der Waals surface area contributed by atoms with E-state index in [2.05, 4.69) is 146 Å². The van der Waals surface area contributed by atoms with Crippen LogP contribution in [0, 0.1) is 14.1 Å². The summed E-state index contributed by atoms with van der Waals surface area (Å²) in [5.41, 5.74) is 7.32. The van der Waals surface area contributed by atoms with Crippen LogP contribution in [-0.2, 0) is 30.3 Å². The second-order valence-electron chi connectivity index (χ2n) is 11.7. The van der Waals surface area contributed by atoms with Crippen LogP contribution in [0.2, 0.25) is 0 Å². The van der Waals surface area contributed by atoms with Crippen LogP contribution in [0.3, 0.4) is 0 Å². The molecule has 3 aromatic rings. The molecule has 0 aliphatic carbocycles. The van der Waals surface area contributed by atoms with Crippen LogP contribution in [0.1, 0.15) is 52.7 Å². The Hall–Kier alpha value is -1.99. The van der Waals surface area contributed by atoms with Gasteiger partial charge >= 0.3 is 45.8 Å². The molecule has 2 aromatic carbocycles. The summed E-state index contributed by atoms with van der Waals surface area (Å²) in [6.45, 7) is 19.9. The second-order valence-corrected chi connectivity index (χ2v) is 11.7. The van der Waals surface area contributed by atoms with E-state index in [1.165, 1.54) is 33.3 Å². The van der Waals surface area contributed by atoms with E-state index in [4.69, 9.17) is 9.64 Å². The van der Waals surface area contributed by atoms with E-state index < -0.39 is 0 Å². The maximum absolute atomic E-state index is 7.50. The fourth-order valence-electron chi connectivity index (χ4n) is 4.67. The van der Waals surface area contributed by atoms with Crippen molar-refractivity contribution in [1.82, 2.24) is 14.8 Å². The van der Waals surface area contributed by atoms with Gasteiger partial charge in [-0.25, -0.2) is 0 Å². The molecule has 38 heavy (non-hydrogen) atoms. The van der Waals surface area contributed by atoms with E-state index in [1.54, 1.807) is 0 Å². The Morgan fingerprint density at radius 3 is 1.32 bits per heavy atom. The summed E-state index contributed by atoms with van der Waals surface area (Å²) in [7, 11) is 4.22. The molecule has 5 rings (SSSR count). The molecule has 0 unspecified atom stereocenters. The van der Waals surface area contributed by atoms with Crippen molar-refractivity contribution in [3.63, 3.8) is 0 Å². The summed E-state index contributed by atoms with van der Waals surface area (Å²) >= 11 is 4.56. The van der Waals surface area contributed by atoms with Gasteiger partial charge in [0.2, 0.25) is 0 Å². The van der Waals surface area contributed by atoms with Gasteiger partial charge in [0.25, 0.3) is 0 Å². The van der Waals surface area contributed by atoms with Gasteiger partial charge in [0.1, 0.15) is 0 Å². The van der Waals surface area contributed by atoms with E-state index in [-0.39, 0.29) is 18.3 Å². The van der Waals surface area contributed by atoms with E-state index in [1.807, 2.05) is 19.8 Å². The Morgan fingerprint density at radius 1 is 0.711 bits per heavy atom. The predicted molar refractivity (Wildman–Crippen MR) is 165 cm³/mol. The molecule has 0 saturated heterocycles. The SMILES string of the molecule is CN1C=CN(c2cc(C(C)(C)C)cc3c2[n-]c2c(N4C=CN(C)C4)cc(C(C)(C)C)cc23)C1.[C-]#[O+].[CH3-].[Rh+2][I]. The molecule has 0 saturated carbocycles. The van der Waals surface area contributed by atoms with E-state index in [0.29, 0.717) is 0 Å². The monoisotopic (exact) mass is 715 g/mol. The number of rotatable bonds is 2. The van der Waals surface area contributed by atoms with Crippen molar-refractivity contribution in [1.29, 1.82) is 0 Å². The Balaban J connectivity index is 0.000000969. The van der Waals surface area contributed by atoms with Crippen molar-refractivity contribution in [2.75, 3.05) is 37.2 Å². The van der Waals surface area contributed by atoms with Crippen molar-refractivity contribution in [2.45, 2.75) is 52.4 Å². The van der Waals surface area contributed by atoms with E-state index >= 15 is 0 Å². The van der Waals surface area contributed by atoms with Crippen LogP contribution in [0.15, 0.2) is 49.1 Å². The van der Waals surface area contributed by atoms with Gasteiger partial charge < -0.3 is 32.0 Å². The minimum atomic E-state index is 0. The molecule has 8 heteroatoms. The Kier molecular flexibility index (Phi) is 10.6. The summed E-state index contributed by atoms with van der Waals surface area (Å²) in [6.07, 6.45) is 8.60. The first-order chi connectivity index (χ1) is 17.4. The van der Waals surface area contributed by atoms with Crippen molar-refractivity contribution >= 4 is 52.9 Å². The fourth-order valence-corrected chi connectivity index (χ4v) is 4.67. The molecular formula is C30H39IN5ORh. The summed E-state index contributed by atoms with van der Waals surface area (Å²) in [5.74, 6) is 0. The molecule has 2 aliphatic rings. The van der Waals surface area contributed by atoms with Gasteiger partial charge in [-0.05, 0) is 44.9 Å². The van der Waals surface area contributed by atoms with Crippen LogP contribution in [-0.4, -0.2) is 37.2 Å². The molecule has 0 amide bonds. The minimum absolute atomic E-state index is 0. The summed E-state index contributed by atoms with van der Waals surface area (Å²) in [5, 5.41) is 2.50. The average molecular weight is 715 g/mol. The number of nitrogens with zero attached hydrogens (tertiary/aromatic N) is 5. The van der Waals surface area contributed by atoms with Crippen molar-refractivity contribution in [3.05, 3.63) is 74.3 Å². The zero-order valence-corrected chi connectivity index (χ0v) is 27.7. The zero-order valence-electron chi connectivity index (χ0n) is 23.9. The fraction of sp³-hybridized carbons (Fsp3) is 0.400. The summed E-state index contributed by atoms with van der Waals surface area (Å²) in [6, 6.07) is 9.43. The van der Waals surface area contributed by atoms with E-state index in [0.717, 1.165) is 24.4 Å². The first-order valence-electron chi connectivity index (χ1n) is 12.1. The van der Waals surface area contributed by atoms with Crippen molar-refractivity contribution < 1.29 is 19.4 Å². The van der Waals surface area contributed by atoms with Crippen LogP contribution < -0.4 is 14.8 Å². The van der Waals surface area contributed by atoms with Gasteiger partial charge in [-0.3, -0.25) is 0 Å². The second kappa shape index (κ2) is 12.5. The molecule has 0 radical (unpaired) electrons. The number of benzene rings is 2. The molecule has 6 nitrogen and oxygen atoms in total. The molecule has 2 aliphatic heterocycles. The number of hydrogen-bond acceptors (Lipinski definition) is 4. The first kappa shape index (κ1) is 32.2. The van der Waals surface area contributed by atoms with Gasteiger partial charge in [0.05, 0.1) is 13.3 Å². The Bertz CT molecular complexity index is 1250. The quantitative estimate of drug-likeness (QED) is 0.122. The van der Waals surface area contributed by atoms with Crippen LogP contribution in [0.25, 0.3) is 21.8 Å². The summed E-state index contributed by atoms with van der Waals surface area (Å²) < 4.78 is 7.50. The zero-order chi connectivity index (χ0) is 27.7. The average Bonchev–Trinajstić information content (AvgIpc) is 3.57. The number of halogens is 1. The third kappa shape index (κ3) is 6.42. The molecule has 0 spiro atoms. The van der Waals surface area contributed by atoms with Crippen LogP contribution in [0.5, 0.6) is 0 Å².